The van der Waals surface area contributed by atoms with Gasteiger partial charge in [0.2, 0.25) is 0 Å². The summed E-state index contributed by atoms with van der Waals surface area (Å²) >= 11 is 3.50. The van der Waals surface area contributed by atoms with Crippen LogP contribution < -0.4 is 0 Å². The summed E-state index contributed by atoms with van der Waals surface area (Å²) in [5.74, 6) is 0.778. The van der Waals surface area contributed by atoms with Gasteiger partial charge < -0.3 is 0 Å². The van der Waals surface area contributed by atoms with E-state index in [4.69, 9.17) is 0 Å². The quantitative estimate of drug-likeness (QED) is 0.730. The van der Waals surface area contributed by atoms with Crippen molar-refractivity contribution in [2.75, 3.05) is 0 Å². The molecule has 0 aromatic carbocycles. The van der Waals surface area contributed by atoms with Gasteiger partial charge in [0, 0.05) is 18.6 Å². The van der Waals surface area contributed by atoms with Crippen LogP contribution in [0, 0.1) is 0 Å². The van der Waals surface area contributed by atoms with Crippen molar-refractivity contribution in [1.29, 1.82) is 0 Å². The van der Waals surface area contributed by atoms with Crippen LogP contribution in [0.15, 0.2) is 59.5 Å². The topological polar surface area (TPSA) is 43.6 Å². The predicted octanol–water partition coefficient (Wildman–Crippen LogP) is 3.09. The second-order valence-corrected chi connectivity index (χ2v) is 4.53. The molecule has 88 valence electrons. The third-order valence-corrected chi connectivity index (χ3v) is 3.04. The van der Waals surface area contributed by atoms with Crippen LogP contribution in [0.1, 0.15) is 0 Å². The van der Waals surface area contributed by atoms with E-state index in [0.717, 1.165) is 21.7 Å². The Morgan fingerprint density at radius 2 is 1.72 bits per heavy atom. The van der Waals surface area contributed by atoms with E-state index < -0.39 is 0 Å². The number of hydrogen-bond acceptors (Lipinski definition) is 3. The molecule has 0 radical (unpaired) electrons. The summed E-state index contributed by atoms with van der Waals surface area (Å²) in [5, 5.41) is 4.50. The van der Waals surface area contributed by atoms with Crippen LogP contribution in [0.5, 0.6) is 0 Å². The maximum absolute atomic E-state index is 4.50. The van der Waals surface area contributed by atoms with E-state index >= 15 is 0 Å². The summed E-state index contributed by atoms with van der Waals surface area (Å²) < 4.78 is 2.63. The smallest absolute Gasteiger partial charge is 0.153 e. The molecule has 3 aromatic heterocycles. The van der Waals surface area contributed by atoms with E-state index in [1.165, 1.54) is 0 Å². The minimum atomic E-state index is 0.778. The summed E-state index contributed by atoms with van der Waals surface area (Å²) in [6.07, 6.45) is 5.37. The van der Waals surface area contributed by atoms with Crippen molar-refractivity contribution in [2.24, 2.45) is 0 Å². The van der Waals surface area contributed by atoms with Gasteiger partial charge in [0.1, 0.15) is 5.69 Å². The molecule has 0 aliphatic carbocycles. The van der Waals surface area contributed by atoms with Crippen LogP contribution in [0.25, 0.3) is 17.2 Å². The molecule has 0 fully saturated rings. The molecule has 0 N–H and O–H groups in total. The number of halogens is 1. The lowest BCUT2D eigenvalue weighted by Crippen LogP contribution is -1.97. The van der Waals surface area contributed by atoms with E-state index in [9.17, 15) is 0 Å². The molecule has 4 nitrogen and oxygen atoms in total. The van der Waals surface area contributed by atoms with E-state index in [-0.39, 0.29) is 0 Å². The van der Waals surface area contributed by atoms with E-state index in [1.807, 2.05) is 42.6 Å². The van der Waals surface area contributed by atoms with Crippen LogP contribution in [-0.2, 0) is 0 Å². The first kappa shape index (κ1) is 11.1. The van der Waals surface area contributed by atoms with Crippen LogP contribution in [0.2, 0.25) is 0 Å². The Hall–Kier alpha value is -2.01. The normalized spacial score (nSPS) is 10.5. The Kier molecular flexibility index (Phi) is 2.90. The van der Waals surface area contributed by atoms with Gasteiger partial charge in [0.25, 0.3) is 0 Å². The monoisotopic (exact) mass is 300 g/mol. The highest BCUT2D eigenvalue weighted by molar-refractivity contribution is 9.10. The molecular formula is C13H9BrN4. The lowest BCUT2D eigenvalue weighted by molar-refractivity contribution is 0.848. The summed E-state index contributed by atoms with van der Waals surface area (Å²) in [4.78, 5) is 8.55. The third kappa shape index (κ3) is 2.04. The molecule has 0 amide bonds. The molecule has 5 heteroatoms. The van der Waals surface area contributed by atoms with Crippen LogP contribution in [-0.4, -0.2) is 19.7 Å². The van der Waals surface area contributed by atoms with Crippen molar-refractivity contribution in [3.8, 4) is 17.2 Å². The summed E-state index contributed by atoms with van der Waals surface area (Å²) in [6, 6.07) is 11.5. The van der Waals surface area contributed by atoms with Gasteiger partial charge in [-0.1, -0.05) is 12.1 Å². The van der Waals surface area contributed by atoms with Gasteiger partial charge in [-0.3, -0.25) is 4.98 Å². The molecule has 0 spiro atoms. The first-order chi connectivity index (χ1) is 8.84. The first-order valence-electron chi connectivity index (χ1n) is 5.42. The van der Waals surface area contributed by atoms with Crippen LogP contribution in [0.4, 0.5) is 0 Å². The van der Waals surface area contributed by atoms with Gasteiger partial charge in [-0.15, -0.1) is 0 Å². The average Bonchev–Trinajstić information content (AvgIpc) is 2.83. The van der Waals surface area contributed by atoms with Crippen molar-refractivity contribution in [2.45, 2.75) is 0 Å². The molecule has 3 rings (SSSR count). The number of nitrogens with zero attached hydrogens (tertiary/aromatic N) is 4. The minimum Gasteiger partial charge on any atom is -0.255 e. The molecule has 0 saturated heterocycles. The fourth-order valence-corrected chi connectivity index (χ4v) is 2.11. The van der Waals surface area contributed by atoms with Gasteiger partial charge >= 0.3 is 0 Å². The van der Waals surface area contributed by atoms with Crippen molar-refractivity contribution >= 4 is 15.9 Å². The van der Waals surface area contributed by atoms with Gasteiger partial charge in [0.15, 0.2) is 5.82 Å². The molecule has 0 saturated carbocycles. The fourth-order valence-electron chi connectivity index (χ4n) is 1.64. The Bertz CT molecular complexity index is 649. The zero-order chi connectivity index (χ0) is 12.4. The van der Waals surface area contributed by atoms with Crippen molar-refractivity contribution in [3.05, 3.63) is 59.5 Å². The largest absolute Gasteiger partial charge is 0.255 e. The van der Waals surface area contributed by atoms with Crippen molar-refractivity contribution in [3.63, 3.8) is 0 Å². The van der Waals surface area contributed by atoms with Crippen LogP contribution in [0.3, 0.4) is 0 Å². The Morgan fingerprint density at radius 3 is 2.39 bits per heavy atom. The molecule has 0 aliphatic rings. The van der Waals surface area contributed by atoms with Crippen molar-refractivity contribution in [1.82, 2.24) is 19.7 Å². The Balaban J connectivity index is 2.07. The SMILES string of the molecule is Brc1cn(-c2ccccn2)nc1-c1ccccn1. The molecule has 0 unspecified atom stereocenters. The van der Waals surface area contributed by atoms with Gasteiger partial charge in [-0.2, -0.15) is 5.10 Å². The zero-order valence-corrected chi connectivity index (χ0v) is 10.9. The maximum Gasteiger partial charge on any atom is 0.153 e. The lowest BCUT2D eigenvalue weighted by Gasteiger charge is -1.98. The second kappa shape index (κ2) is 4.70. The van der Waals surface area contributed by atoms with Gasteiger partial charge in [0.05, 0.1) is 10.2 Å². The number of rotatable bonds is 2. The van der Waals surface area contributed by atoms with E-state index in [2.05, 4.69) is 31.0 Å². The predicted molar refractivity (Wildman–Crippen MR) is 72.3 cm³/mol. The molecule has 0 atom stereocenters. The fraction of sp³-hybridized carbons (Fsp3) is 0. The highest BCUT2D eigenvalue weighted by Crippen LogP contribution is 2.25. The molecule has 0 bridgehead atoms. The lowest BCUT2D eigenvalue weighted by atomic mass is 10.3. The summed E-state index contributed by atoms with van der Waals surface area (Å²) in [6.45, 7) is 0. The molecular weight excluding hydrogens is 292 g/mol. The second-order valence-electron chi connectivity index (χ2n) is 3.67. The van der Waals surface area contributed by atoms with Crippen molar-refractivity contribution < 1.29 is 0 Å². The third-order valence-electron chi connectivity index (χ3n) is 2.46. The molecule has 3 heterocycles. The Labute approximate surface area is 112 Å². The molecule has 0 aliphatic heterocycles. The maximum atomic E-state index is 4.50. The number of pyridine rings is 2. The molecule has 3 aromatic rings. The Morgan fingerprint density at radius 1 is 0.944 bits per heavy atom. The van der Waals surface area contributed by atoms with E-state index in [0.29, 0.717) is 0 Å². The highest BCUT2D eigenvalue weighted by Gasteiger charge is 2.10. The standard InChI is InChI=1S/C13H9BrN4/c14-10-9-18(12-6-2-4-8-16-12)17-13(10)11-5-1-3-7-15-11/h1-9H. The number of aromatic nitrogens is 4. The summed E-state index contributed by atoms with van der Waals surface area (Å²) in [5.41, 5.74) is 1.64. The average molecular weight is 301 g/mol. The van der Waals surface area contributed by atoms with E-state index in [1.54, 1.807) is 17.1 Å². The van der Waals surface area contributed by atoms with Gasteiger partial charge in [-0.05, 0) is 40.2 Å². The van der Waals surface area contributed by atoms with Crippen LogP contribution >= 0.6 is 15.9 Å². The zero-order valence-electron chi connectivity index (χ0n) is 9.36. The first-order valence-corrected chi connectivity index (χ1v) is 6.22. The minimum absolute atomic E-state index is 0.778. The van der Waals surface area contributed by atoms with Gasteiger partial charge in [-0.25, -0.2) is 9.67 Å². The number of hydrogen-bond donors (Lipinski definition) is 0. The highest BCUT2D eigenvalue weighted by atomic mass is 79.9. The summed E-state index contributed by atoms with van der Waals surface area (Å²) in [7, 11) is 0. The molecule has 18 heavy (non-hydrogen) atoms.